The second kappa shape index (κ2) is 6.11. The van der Waals surface area contributed by atoms with Crippen LogP contribution in [0.2, 0.25) is 0 Å². The van der Waals surface area contributed by atoms with Crippen molar-refractivity contribution in [3.63, 3.8) is 0 Å². The van der Waals surface area contributed by atoms with Gasteiger partial charge in [0.1, 0.15) is 5.82 Å². The maximum Gasteiger partial charge on any atom is 0.238 e. The van der Waals surface area contributed by atoms with Gasteiger partial charge in [-0.15, -0.1) is 0 Å². The van der Waals surface area contributed by atoms with Gasteiger partial charge in [-0.1, -0.05) is 6.42 Å². The number of primary sulfonamides is 1. The van der Waals surface area contributed by atoms with Crippen molar-refractivity contribution in [3.8, 4) is 0 Å². The van der Waals surface area contributed by atoms with E-state index in [1.807, 2.05) is 11.8 Å². The zero-order valence-electron chi connectivity index (χ0n) is 10.4. The van der Waals surface area contributed by atoms with Crippen LogP contribution in [0.3, 0.4) is 0 Å². The lowest BCUT2D eigenvalue weighted by molar-refractivity contribution is 0.592. The highest BCUT2D eigenvalue weighted by Gasteiger charge is 2.15. The molecule has 1 atom stereocenters. The van der Waals surface area contributed by atoms with Crippen LogP contribution in [0, 0.1) is 5.82 Å². The number of sulfonamides is 1. The Labute approximate surface area is 117 Å². The summed E-state index contributed by atoms with van der Waals surface area (Å²) in [7, 11) is -3.85. The maximum absolute atomic E-state index is 13.7. The molecule has 3 N–H and O–H groups in total. The first-order valence-corrected chi connectivity index (χ1v) is 8.74. The molecule has 1 saturated heterocycles. The molecule has 0 saturated carbocycles. The molecule has 1 aromatic carbocycles. The van der Waals surface area contributed by atoms with Crippen LogP contribution in [-0.2, 0) is 10.0 Å². The van der Waals surface area contributed by atoms with Crippen LogP contribution in [0.1, 0.15) is 19.3 Å². The molecule has 1 fully saturated rings. The van der Waals surface area contributed by atoms with Crippen molar-refractivity contribution in [1.82, 2.24) is 0 Å². The molecule has 19 heavy (non-hydrogen) atoms. The van der Waals surface area contributed by atoms with Crippen molar-refractivity contribution in [1.29, 1.82) is 0 Å². The summed E-state index contributed by atoms with van der Waals surface area (Å²) in [6, 6.07) is 3.68. The van der Waals surface area contributed by atoms with Gasteiger partial charge in [0.2, 0.25) is 10.0 Å². The molecule has 1 aromatic rings. The molecule has 0 aliphatic carbocycles. The summed E-state index contributed by atoms with van der Waals surface area (Å²) in [5, 5.41) is 8.47. The van der Waals surface area contributed by atoms with Gasteiger partial charge in [-0.2, -0.15) is 11.8 Å². The topological polar surface area (TPSA) is 72.2 Å². The Morgan fingerprint density at radius 1 is 1.42 bits per heavy atom. The fourth-order valence-electron chi connectivity index (χ4n) is 2.01. The van der Waals surface area contributed by atoms with Crippen molar-refractivity contribution < 1.29 is 12.8 Å². The summed E-state index contributed by atoms with van der Waals surface area (Å²) < 4.78 is 35.9. The number of halogens is 1. The molecule has 0 aromatic heterocycles. The molecule has 4 nitrogen and oxygen atoms in total. The zero-order chi connectivity index (χ0) is 13.9. The van der Waals surface area contributed by atoms with Gasteiger partial charge < -0.3 is 5.32 Å². The number of hydrogen-bond acceptors (Lipinski definition) is 4. The second-order valence-electron chi connectivity index (χ2n) is 4.56. The number of nitrogens with one attached hydrogen (secondary N) is 1. The lowest BCUT2D eigenvalue weighted by Crippen LogP contribution is -2.20. The molecule has 7 heteroatoms. The van der Waals surface area contributed by atoms with Crippen LogP contribution in [-0.4, -0.2) is 26.0 Å². The molecule has 106 valence electrons. The minimum Gasteiger partial charge on any atom is -0.382 e. The Balaban J connectivity index is 2.01. The van der Waals surface area contributed by atoms with E-state index < -0.39 is 15.8 Å². The number of benzene rings is 1. The number of hydrogen-bond donors (Lipinski definition) is 2. The third kappa shape index (κ3) is 4.09. The molecular weight excluding hydrogens is 287 g/mol. The minimum absolute atomic E-state index is 0.206. The standard InChI is InChI=1S/C12H17FN2O2S2/c13-11-7-10(19(14,16)17)4-5-12(11)15-8-9-3-1-2-6-18-9/h4-5,7,9,15H,1-3,6,8H2,(H2,14,16,17). The summed E-state index contributed by atoms with van der Waals surface area (Å²) in [5.41, 5.74) is 0.318. The largest absolute Gasteiger partial charge is 0.382 e. The highest BCUT2D eigenvalue weighted by Crippen LogP contribution is 2.26. The molecule has 1 heterocycles. The third-order valence-corrected chi connectivity index (χ3v) is 5.37. The summed E-state index contributed by atoms with van der Waals surface area (Å²) >= 11 is 1.89. The first-order chi connectivity index (χ1) is 8.97. The Hall–Kier alpha value is -0.790. The van der Waals surface area contributed by atoms with Crippen LogP contribution in [0.25, 0.3) is 0 Å². The van der Waals surface area contributed by atoms with Gasteiger partial charge in [0.25, 0.3) is 0 Å². The summed E-state index contributed by atoms with van der Waals surface area (Å²) in [6.45, 7) is 0.691. The average Bonchev–Trinajstić information content (AvgIpc) is 2.37. The highest BCUT2D eigenvalue weighted by molar-refractivity contribution is 7.99. The van der Waals surface area contributed by atoms with Crippen LogP contribution in [0.5, 0.6) is 0 Å². The number of anilines is 1. The Bertz CT molecular complexity index is 543. The fourth-order valence-corrected chi connectivity index (χ4v) is 3.77. The molecule has 0 spiro atoms. The van der Waals surface area contributed by atoms with Crippen LogP contribution >= 0.6 is 11.8 Å². The molecule has 1 aliphatic heterocycles. The number of nitrogens with two attached hydrogens (primary N) is 1. The number of rotatable bonds is 4. The van der Waals surface area contributed by atoms with Crippen LogP contribution in [0.15, 0.2) is 23.1 Å². The van der Waals surface area contributed by atoms with E-state index in [1.54, 1.807) is 0 Å². The van der Waals surface area contributed by atoms with Gasteiger partial charge >= 0.3 is 0 Å². The SMILES string of the molecule is NS(=O)(=O)c1ccc(NCC2CCCCS2)c(F)c1. The fraction of sp³-hybridized carbons (Fsp3) is 0.500. The minimum atomic E-state index is -3.85. The van der Waals surface area contributed by atoms with Crippen molar-refractivity contribution in [2.45, 2.75) is 29.4 Å². The predicted octanol–water partition coefficient (Wildman–Crippen LogP) is 2.17. The van der Waals surface area contributed by atoms with E-state index in [-0.39, 0.29) is 4.90 Å². The van der Waals surface area contributed by atoms with Crippen molar-refractivity contribution >= 4 is 27.5 Å². The van der Waals surface area contributed by atoms with E-state index in [0.717, 1.165) is 18.2 Å². The monoisotopic (exact) mass is 304 g/mol. The first kappa shape index (κ1) is 14.6. The first-order valence-electron chi connectivity index (χ1n) is 6.14. The Kier molecular flexibility index (Phi) is 4.70. The van der Waals surface area contributed by atoms with E-state index in [2.05, 4.69) is 5.32 Å². The lowest BCUT2D eigenvalue weighted by atomic mass is 10.2. The molecule has 1 aliphatic rings. The second-order valence-corrected chi connectivity index (χ2v) is 7.53. The smallest absolute Gasteiger partial charge is 0.238 e. The van der Waals surface area contributed by atoms with Gasteiger partial charge in [-0.05, 0) is 36.8 Å². The summed E-state index contributed by atoms with van der Waals surface area (Å²) in [6.07, 6.45) is 3.60. The van der Waals surface area contributed by atoms with E-state index >= 15 is 0 Å². The Morgan fingerprint density at radius 3 is 2.79 bits per heavy atom. The highest BCUT2D eigenvalue weighted by atomic mass is 32.2. The van der Waals surface area contributed by atoms with E-state index in [0.29, 0.717) is 17.5 Å². The van der Waals surface area contributed by atoms with Gasteiger partial charge in [0.05, 0.1) is 10.6 Å². The summed E-state index contributed by atoms with van der Waals surface area (Å²) in [5.74, 6) is 0.562. The number of thioether (sulfide) groups is 1. The zero-order valence-corrected chi connectivity index (χ0v) is 12.1. The molecule has 0 amide bonds. The van der Waals surface area contributed by atoms with Gasteiger partial charge in [-0.25, -0.2) is 17.9 Å². The van der Waals surface area contributed by atoms with Gasteiger partial charge in [0.15, 0.2) is 0 Å². The van der Waals surface area contributed by atoms with E-state index in [4.69, 9.17) is 5.14 Å². The molecular formula is C12H17FN2O2S2. The average molecular weight is 304 g/mol. The normalized spacial score (nSPS) is 20.2. The van der Waals surface area contributed by atoms with Crippen molar-refractivity contribution in [2.24, 2.45) is 5.14 Å². The van der Waals surface area contributed by atoms with Gasteiger partial charge in [-0.3, -0.25) is 0 Å². The molecule has 1 unspecified atom stereocenters. The Morgan fingerprint density at radius 2 is 2.21 bits per heavy atom. The van der Waals surface area contributed by atoms with E-state index in [9.17, 15) is 12.8 Å². The molecule has 2 rings (SSSR count). The molecule has 0 bridgehead atoms. The van der Waals surface area contributed by atoms with Crippen LogP contribution in [0.4, 0.5) is 10.1 Å². The van der Waals surface area contributed by atoms with E-state index in [1.165, 1.54) is 25.0 Å². The maximum atomic E-state index is 13.7. The quantitative estimate of drug-likeness (QED) is 0.894. The van der Waals surface area contributed by atoms with Crippen molar-refractivity contribution in [2.75, 3.05) is 17.6 Å². The van der Waals surface area contributed by atoms with Crippen LogP contribution < -0.4 is 10.5 Å². The predicted molar refractivity (Wildman–Crippen MR) is 76.4 cm³/mol. The molecule has 0 radical (unpaired) electrons. The van der Waals surface area contributed by atoms with Gasteiger partial charge in [0, 0.05) is 11.8 Å². The lowest BCUT2D eigenvalue weighted by Gasteiger charge is -2.22. The third-order valence-electron chi connectivity index (χ3n) is 3.06. The summed E-state index contributed by atoms with van der Waals surface area (Å²) in [4.78, 5) is -0.206. The van der Waals surface area contributed by atoms with Crippen molar-refractivity contribution in [3.05, 3.63) is 24.0 Å².